The molecule has 1 amide bonds. The summed E-state index contributed by atoms with van der Waals surface area (Å²) in [6, 6.07) is 21.3. The lowest BCUT2D eigenvalue weighted by molar-refractivity contribution is 0.151. The van der Waals surface area contributed by atoms with Crippen molar-refractivity contribution in [3.8, 4) is 0 Å². The Labute approximate surface area is 205 Å². The second-order valence-corrected chi connectivity index (χ2v) is 10.7. The molecule has 6 rings (SSSR count). The zero-order chi connectivity index (χ0) is 23.1. The monoisotopic (exact) mass is 491 g/mol. The topological polar surface area (TPSA) is 45.7 Å². The first-order valence-electron chi connectivity index (χ1n) is 11.2. The highest BCUT2D eigenvalue weighted by atomic mass is 32.2. The Morgan fingerprint density at radius 1 is 1.09 bits per heavy atom. The quantitative estimate of drug-likeness (QED) is 0.315. The Bertz CT molecular complexity index is 1340. The number of amides is 1. The maximum absolute atomic E-state index is 15.1. The number of halogens is 1. The molecule has 8 heteroatoms. The van der Waals surface area contributed by atoms with Crippen LogP contribution in [0.25, 0.3) is 10.2 Å². The molecule has 4 aromatic rings. The Hall–Kier alpha value is -3.10. The second kappa shape index (κ2) is 8.92. The molecule has 0 spiro atoms. The van der Waals surface area contributed by atoms with E-state index in [1.54, 1.807) is 29.2 Å². The highest BCUT2D eigenvalue weighted by Crippen LogP contribution is 2.33. The molecule has 2 aliphatic rings. The van der Waals surface area contributed by atoms with E-state index in [0.29, 0.717) is 30.2 Å². The fourth-order valence-corrected chi connectivity index (χ4v) is 6.59. The van der Waals surface area contributed by atoms with E-state index >= 15 is 4.39 Å². The number of hydrogen-bond acceptors (Lipinski definition) is 6. The summed E-state index contributed by atoms with van der Waals surface area (Å²) in [4.78, 5) is 20.7. The number of anilines is 2. The summed E-state index contributed by atoms with van der Waals surface area (Å²) in [7, 11) is 0. The molecule has 1 atom stereocenters. The van der Waals surface area contributed by atoms with Crippen molar-refractivity contribution in [2.75, 3.05) is 28.6 Å². The van der Waals surface area contributed by atoms with Gasteiger partial charge in [0.1, 0.15) is 11.9 Å². The van der Waals surface area contributed by atoms with Gasteiger partial charge in [-0.15, -0.1) is 11.3 Å². The molecule has 0 aliphatic carbocycles. The van der Waals surface area contributed by atoms with E-state index in [1.807, 2.05) is 36.4 Å². The van der Waals surface area contributed by atoms with Gasteiger partial charge in [0.15, 0.2) is 4.34 Å². The van der Waals surface area contributed by atoms with Crippen LogP contribution in [0.2, 0.25) is 0 Å². The lowest BCUT2D eigenvalue weighted by Gasteiger charge is -2.31. The van der Waals surface area contributed by atoms with Gasteiger partial charge in [-0.1, -0.05) is 48.2 Å². The number of hydrogen-bond donors (Lipinski definition) is 0. The maximum Gasteiger partial charge on any atom is 0.414 e. The number of benzene rings is 3. The van der Waals surface area contributed by atoms with E-state index in [1.165, 1.54) is 22.1 Å². The van der Waals surface area contributed by atoms with E-state index in [-0.39, 0.29) is 11.9 Å². The third-order valence-electron chi connectivity index (χ3n) is 6.26. The van der Waals surface area contributed by atoms with Crippen molar-refractivity contribution in [1.29, 1.82) is 0 Å². The minimum atomic E-state index is -0.436. The fourth-order valence-electron chi connectivity index (χ4n) is 4.52. The van der Waals surface area contributed by atoms with Crippen molar-refractivity contribution >= 4 is 50.8 Å². The van der Waals surface area contributed by atoms with Crippen molar-refractivity contribution < 1.29 is 13.9 Å². The van der Waals surface area contributed by atoms with Crippen molar-refractivity contribution in [2.24, 2.45) is 0 Å². The third-order valence-corrected chi connectivity index (χ3v) is 8.57. The molecule has 0 bridgehead atoms. The maximum atomic E-state index is 15.1. The van der Waals surface area contributed by atoms with Gasteiger partial charge in [0.2, 0.25) is 0 Å². The molecular weight excluding hydrogens is 469 g/mol. The van der Waals surface area contributed by atoms with E-state index in [2.05, 4.69) is 28.1 Å². The lowest BCUT2D eigenvalue weighted by atomic mass is 9.99. The van der Waals surface area contributed by atoms with Gasteiger partial charge in [-0.05, 0) is 47.9 Å². The van der Waals surface area contributed by atoms with Gasteiger partial charge in [-0.25, -0.2) is 14.2 Å². The van der Waals surface area contributed by atoms with E-state index in [0.717, 1.165) is 27.5 Å². The summed E-state index contributed by atoms with van der Waals surface area (Å²) in [5, 5.41) is 0. The van der Waals surface area contributed by atoms with Crippen LogP contribution in [0.4, 0.5) is 20.6 Å². The molecule has 0 radical (unpaired) electrons. The number of para-hydroxylation sites is 1. The van der Waals surface area contributed by atoms with Gasteiger partial charge in [-0.3, -0.25) is 4.90 Å². The van der Waals surface area contributed by atoms with Crippen molar-refractivity contribution in [1.82, 2.24) is 4.98 Å². The second-order valence-electron chi connectivity index (χ2n) is 8.45. The number of rotatable bonds is 5. The van der Waals surface area contributed by atoms with Crippen LogP contribution in [0.3, 0.4) is 0 Å². The molecule has 1 fully saturated rings. The van der Waals surface area contributed by atoms with Gasteiger partial charge in [0.05, 0.1) is 28.1 Å². The highest BCUT2D eigenvalue weighted by molar-refractivity contribution is 8.01. The number of thioether (sulfide) groups is 1. The summed E-state index contributed by atoms with van der Waals surface area (Å²) in [6.07, 6.45) is 0.184. The normalized spacial score (nSPS) is 17.8. The summed E-state index contributed by atoms with van der Waals surface area (Å²) in [5.41, 5.74) is 4.62. The zero-order valence-electron chi connectivity index (χ0n) is 18.3. The molecule has 172 valence electrons. The Balaban J connectivity index is 1.12. The fraction of sp³-hybridized carbons (Fsp3) is 0.231. The van der Waals surface area contributed by atoms with Crippen molar-refractivity contribution in [2.45, 2.75) is 23.4 Å². The molecule has 2 aliphatic heterocycles. The van der Waals surface area contributed by atoms with E-state index < -0.39 is 6.09 Å². The molecule has 1 aromatic heterocycles. The SMILES string of the molecule is O=C1O[C@H](CSc2nc3ccccc3s2)CN1c1ccc(N2CCc3ccccc3C2)c(F)c1. The van der Waals surface area contributed by atoms with Crippen molar-refractivity contribution in [3.63, 3.8) is 0 Å². The van der Waals surface area contributed by atoms with Gasteiger partial charge >= 0.3 is 6.09 Å². The van der Waals surface area contributed by atoms with Gasteiger partial charge < -0.3 is 9.64 Å². The average molecular weight is 492 g/mol. The minimum Gasteiger partial charge on any atom is -0.443 e. The Kier molecular flexibility index (Phi) is 5.63. The van der Waals surface area contributed by atoms with Gasteiger partial charge in [0, 0.05) is 18.8 Å². The van der Waals surface area contributed by atoms with Crippen LogP contribution in [0.15, 0.2) is 71.1 Å². The average Bonchev–Trinajstić information content (AvgIpc) is 3.45. The predicted octanol–water partition coefficient (Wildman–Crippen LogP) is 6.12. The molecule has 3 heterocycles. The van der Waals surface area contributed by atoms with Crippen LogP contribution in [0, 0.1) is 5.82 Å². The summed E-state index contributed by atoms with van der Waals surface area (Å²) >= 11 is 3.22. The summed E-state index contributed by atoms with van der Waals surface area (Å²) in [5.74, 6) is 0.285. The Morgan fingerprint density at radius 3 is 2.76 bits per heavy atom. The molecular formula is C26H22FN3O2S2. The summed E-state index contributed by atoms with van der Waals surface area (Å²) < 4.78 is 22.8. The van der Waals surface area contributed by atoms with Crippen LogP contribution < -0.4 is 9.80 Å². The van der Waals surface area contributed by atoms with Crippen LogP contribution in [-0.2, 0) is 17.7 Å². The smallest absolute Gasteiger partial charge is 0.414 e. The molecule has 5 nitrogen and oxygen atoms in total. The summed E-state index contributed by atoms with van der Waals surface area (Å²) in [6.45, 7) is 1.85. The molecule has 3 aromatic carbocycles. The number of ether oxygens (including phenoxy) is 1. The van der Waals surface area contributed by atoms with Gasteiger partial charge in [0.25, 0.3) is 0 Å². The van der Waals surface area contributed by atoms with Crippen LogP contribution in [-0.4, -0.2) is 36.0 Å². The number of cyclic esters (lactones) is 1. The van der Waals surface area contributed by atoms with Crippen LogP contribution in [0.5, 0.6) is 0 Å². The molecule has 34 heavy (non-hydrogen) atoms. The first kappa shape index (κ1) is 21.4. The van der Waals surface area contributed by atoms with Crippen LogP contribution >= 0.6 is 23.1 Å². The van der Waals surface area contributed by atoms with E-state index in [4.69, 9.17) is 4.74 Å². The molecule has 0 N–H and O–H groups in total. The van der Waals surface area contributed by atoms with Gasteiger partial charge in [-0.2, -0.15) is 0 Å². The minimum absolute atomic E-state index is 0.272. The number of fused-ring (bicyclic) bond motifs is 2. The van der Waals surface area contributed by atoms with Crippen LogP contribution in [0.1, 0.15) is 11.1 Å². The Morgan fingerprint density at radius 2 is 1.91 bits per heavy atom. The van der Waals surface area contributed by atoms with E-state index in [9.17, 15) is 4.79 Å². The third kappa shape index (κ3) is 4.12. The first-order valence-corrected chi connectivity index (χ1v) is 13.0. The first-order chi connectivity index (χ1) is 16.6. The largest absolute Gasteiger partial charge is 0.443 e. The predicted molar refractivity (Wildman–Crippen MR) is 136 cm³/mol. The number of carbonyl (C=O) groups is 1. The molecule has 0 saturated carbocycles. The number of aromatic nitrogens is 1. The standard InChI is InChI=1S/C26H22FN3O2S2/c27-21-13-19(9-10-23(21)29-12-11-17-5-1-2-6-18(17)14-29)30-15-20(32-26(30)31)16-33-25-28-22-7-3-4-8-24(22)34-25/h1-10,13,20H,11-12,14-16H2/t20-/m0/s1. The van der Waals surface area contributed by atoms with Crippen molar-refractivity contribution in [3.05, 3.63) is 83.7 Å². The molecule has 1 saturated heterocycles. The lowest BCUT2D eigenvalue weighted by Crippen LogP contribution is -2.31. The number of carbonyl (C=O) groups excluding carboxylic acids is 1. The zero-order valence-corrected chi connectivity index (χ0v) is 19.9. The highest BCUT2D eigenvalue weighted by Gasteiger charge is 2.33. The number of thiazole rings is 1. The number of nitrogens with zero attached hydrogens (tertiary/aromatic N) is 3. The molecule has 0 unspecified atom stereocenters.